The predicted molar refractivity (Wildman–Crippen MR) is 108 cm³/mol. The molecule has 3 heterocycles. The Morgan fingerprint density at radius 1 is 1.19 bits per heavy atom. The van der Waals surface area contributed by atoms with E-state index in [0.717, 1.165) is 69.7 Å². The number of benzene rings is 1. The van der Waals surface area contributed by atoms with Crippen molar-refractivity contribution in [2.75, 3.05) is 26.7 Å². The molecule has 0 bridgehead atoms. The number of aryl methyl sites for hydroxylation is 1. The highest BCUT2D eigenvalue weighted by molar-refractivity contribution is 5.84. The minimum Gasteiger partial charge on any atom is -0.345 e. The summed E-state index contributed by atoms with van der Waals surface area (Å²) in [6.07, 6.45) is 4.31. The van der Waals surface area contributed by atoms with E-state index < -0.39 is 0 Å². The number of aromatic nitrogens is 2. The molecule has 2 aliphatic rings. The van der Waals surface area contributed by atoms with Crippen LogP contribution in [0.15, 0.2) is 24.3 Å². The van der Waals surface area contributed by atoms with Gasteiger partial charge >= 0.3 is 0 Å². The summed E-state index contributed by atoms with van der Waals surface area (Å²) in [7, 11) is 1.96. The van der Waals surface area contributed by atoms with E-state index in [2.05, 4.69) is 47.6 Å². The Morgan fingerprint density at radius 2 is 2.00 bits per heavy atom. The number of amides is 1. The number of hydrogen-bond acceptors (Lipinski definition) is 3. The molecule has 5 heteroatoms. The number of rotatable bonds is 5. The molecule has 146 valence electrons. The van der Waals surface area contributed by atoms with Gasteiger partial charge in [0.25, 0.3) is 0 Å². The molecule has 1 spiro atoms. The van der Waals surface area contributed by atoms with Crippen LogP contribution in [0.2, 0.25) is 0 Å². The van der Waals surface area contributed by atoms with Gasteiger partial charge in [0, 0.05) is 26.7 Å². The summed E-state index contributed by atoms with van der Waals surface area (Å²) in [5.41, 5.74) is 2.16. The van der Waals surface area contributed by atoms with Gasteiger partial charge in [0.1, 0.15) is 5.82 Å². The lowest BCUT2D eigenvalue weighted by Crippen LogP contribution is -2.48. The van der Waals surface area contributed by atoms with Crippen molar-refractivity contribution in [3.05, 3.63) is 30.1 Å². The average Bonchev–Trinajstić information content (AvgIpc) is 3.20. The van der Waals surface area contributed by atoms with E-state index in [1.54, 1.807) is 0 Å². The molecule has 0 N–H and O–H groups in total. The van der Waals surface area contributed by atoms with Gasteiger partial charge in [-0.1, -0.05) is 26.0 Å². The van der Waals surface area contributed by atoms with Crippen molar-refractivity contribution in [1.29, 1.82) is 0 Å². The van der Waals surface area contributed by atoms with Crippen molar-refractivity contribution in [3.63, 3.8) is 0 Å². The van der Waals surface area contributed by atoms with Gasteiger partial charge in [-0.25, -0.2) is 4.98 Å². The van der Waals surface area contributed by atoms with E-state index in [0.29, 0.717) is 11.8 Å². The molecular formula is C22H32N4O. The number of para-hydroxylation sites is 2. The average molecular weight is 369 g/mol. The molecule has 1 aromatic heterocycles. The molecule has 5 nitrogen and oxygen atoms in total. The third kappa shape index (κ3) is 3.49. The van der Waals surface area contributed by atoms with E-state index >= 15 is 0 Å². The van der Waals surface area contributed by atoms with Crippen LogP contribution in [0.4, 0.5) is 0 Å². The Bertz CT molecular complexity index is 827. The molecule has 4 rings (SSSR count). The largest absolute Gasteiger partial charge is 0.345 e. The highest BCUT2D eigenvalue weighted by Crippen LogP contribution is 2.40. The Hall–Kier alpha value is -1.88. The van der Waals surface area contributed by atoms with Gasteiger partial charge in [-0.2, -0.15) is 0 Å². The lowest BCUT2D eigenvalue weighted by molar-refractivity contribution is -0.143. The molecule has 0 aliphatic carbocycles. The summed E-state index contributed by atoms with van der Waals surface area (Å²) in [6.45, 7) is 9.17. The Morgan fingerprint density at radius 3 is 2.81 bits per heavy atom. The first-order valence-electron chi connectivity index (χ1n) is 10.4. The fourth-order valence-corrected chi connectivity index (χ4v) is 4.82. The summed E-state index contributed by atoms with van der Waals surface area (Å²) in [5, 5.41) is 0. The number of piperidine rings is 1. The fourth-order valence-electron chi connectivity index (χ4n) is 4.82. The van der Waals surface area contributed by atoms with Gasteiger partial charge in [0.2, 0.25) is 5.91 Å². The van der Waals surface area contributed by atoms with Gasteiger partial charge < -0.3 is 9.47 Å². The van der Waals surface area contributed by atoms with Crippen LogP contribution in [0.1, 0.15) is 45.4 Å². The number of carbonyl (C=O) groups is 1. The SMILES string of the molecule is CC(C)CCn1c(CN2CCC3(CCCN(C)C3=O)C2)nc2ccccc21. The second-order valence-corrected chi connectivity index (χ2v) is 8.92. The minimum atomic E-state index is -0.151. The van der Waals surface area contributed by atoms with Gasteiger partial charge in [-0.15, -0.1) is 0 Å². The summed E-state index contributed by atoms with van der Waals surface area (Å²) < 4.78 is 2.40. The zero-order chi connectivity index (χ0) is 19.0. The van der Waals surface area contributed by atoms with Crippen LogP contribution in [-0.4, -0.2) is 51.9 Å². The highest BCUT2D eigenvalue weighted by Gasteiger charge is 2.47. The molecule has 1 atom stereocenters. The van der Waals surface area contributed by atoms with Crippen molar-refractivity contribution in [1.82, 2.24) is 19.4 Å². The maximum absolute atomic E-state index is 12.8. The van der Waals surface area contributed by atoms with Crippen LogP contribution in [0.25, 0.3) is 11.0 Å². The molecule has 1 amide bonds. The van der Waals surface area contributed by atoms with E-state index in [1.165, 1.54) is 5.52 Å². The summed E-state index contributed by atoms with van der Waals surface area (Å²) in [4.78, 5) is 22.1. The van der Waals surface area contributed by atoms with Gasteiger partial charge in [0.15, 0.2) is 0 Å². The van der Waals surface area contributed by atoms with Crippen molar-refractivity contribution < 1.29 is 4.79 Å². The fraction of sp³-hybridized carbons (Fsp3) is 0.636. The zero-order valence-corrected chi connectivity index (χ0v) is 16.9. The Kier molecular flexibility index (Phi) is 4.97. The number of likely N-dealkylation sites (tertiary alicyclic amines) is 2. The van der Waals surface area contributed by atoms with E-state index in [4.69, 9.17) is 4.98 Å². The van der Waals surface area contributed by atoms with E-state index in [-0.39, 0.29) is 5.41 Å². The smallest absolute Gasteiger partial charge is 0.229 e. The first-order chi connectivity index (χ1) is 13.0. The number of hydrogen-bond donors (Lipinski definition) is 0. The normalized spacial score (nSPS) is 24.0. The van der Waals surface area contributed by atoms with Crippen molar-refractivity contribution in [2.24, 2.45) is 11.3 Å². The van der Waals surface area contributed by atoms with Crippen molar-refractivity contribution in [3.8, 4) is 0 Å². The third-order valence-electron chi connectivity index (χ3n) is 6.41. The van der Waals surface area contributed by atoms with Crippen LogP contribution in [-0.2, 0) is 17.9 Å². The molecule has 1 unspecified atom stereocenters. The highest BCUT2D eigenvalue weighted by atomic mass is 16.2. The standard InChI is InChI=1S/C22H32N4O/c1-17(2)9-13-26-19-8-5-4-7-18(19)23-20(26)15-25-14-11-22(16-25)10-6-12-24(3)21(22)27/h4-5,7-8,17H,6,9-16H2,1-3H3. The van der Waals surface area contributed by atoms with E-state index in [9.17, 15) is 4.79 Å². The predicted octanol–water partition coefficient (Wildman–Crippen LogP) is 3.53. The molecule has 2 fully saturated rings. The molecule has 27 heavy (non-hydrogen) atoms. The molecule has 0 saturated carbocycles. The van der Waals surface area contributed by atoms with Gasteiger partial charge in [0.05, 0.1) is 23.0 Å². The topological polar surface area (TPSA) is 41.4 Å². The lowest BCUT2D eigenvalue weighted by atomic mass is 9.78. The summed E-state index contributed by atoms with van der Waals surface area (Å²) >= 11 is 0. The molecule has 2 aromatic rings. The van der Waals surface area contributed by atoms with Gasteiger partial charge in [-0.05, 0) is 50.3 Å². The van der Waals surface area contributed by atoms with Crippen molar-refractivity contribution in [2.45, 2.75) is 52.6 Å². The second-order valence-electron chi connectivity index (χ2n) is 8.92. The Labute approximate surface area is 162 Å². The van der Waals surface area contributed by atoms with Crippen LogP contribution in [0.5, 0.6) is 0 Å². The maximum atomic E-state index is 12.8. The number of fused-ring (bicyclic) bond motifs is 1. The molecule has 2 aliphatic heterocycles. The summed E-state index contributed by atoms with van der Waals surface area (Å²) in [6, 6.07) is 8.45. The van der Waals surface area contributed by atoms with Crippen molar-refractivity contribution >= 4 is 16.9 Å². The molecule has 0 radical (unpaired) electrons. The van der Waals surface area contributed by atoms with Crippen LogP contribution in [0.3, 0.4) is 0 Å². The zero-order valence-electron chi connectivity index (χ0n) is 16.9. The third-order valence-corrected chi connectivity index (χ3v) is 6.41. The van der Waals surface area contributed by atoms with Crippen LogP contribution < -0.4 is 0 Å². The van der Waals surface area contributed by atoms with Crippen LogP contribution in [0, 0.1) is 11.3 Å². The second kappa shape index (κ2) is 7.27. The minimum absolute atomic E-state index is 0.151. The molecule has 1 aromatic carbocycles. The monoisotopic (exact) mass is 368 g/mol. The first kappa shape index (κ1) is 18.5. The quantitative estimate of drug-likeness (QED) is 0.811. The molecule has 2 saturated heterocycles. The van der Waals surface area contributed by atoms with E-state index in [1.807, 2.05) is 11.9 Å². The number of carbonyl (C=O) groups excluding carboxylic acids is 1. The maximum Gasteiger partial charge on any atom is 0.229 e. The number of nitrogens with zero attached hydrogens (tertiary/aromatic N) is 4. The number of imidazole rings is 1. The van der Waals surface area contributed by atoms with Gasteiger partial charge in [-0.3, -0.25) is 9.69 Å². The summed E-state index contributed by atoms with van der Waals surface area (Å²) in [5.74, 6) is 2.17. The molecular weight excluding hydrogens is 336 g/mol. The lowest BCUT2D eigenvalue weighted by Gasteiger charge is -2.37. The Balaban J connectivity index is 1.55. The first-order valence-corrected chi connectivity index (χ1v) is 10.4. The van der Waals surface area contributed by atoms with Crippen LogP contribution >= 0.6 is 0 Å².